The molecule has 1 aromatic rings. The number of amides is 1. The van der Waals surface area contributed by atoms with E-state index in [2.05, 4.69) is 22.7 Å². The van der Waals surface area contributed by atoms with Crippen LogP contribution < -0.4 is 5.43 Å². The maximum absolute atomic E-state index is 12.4. The lowest BCUT2D eigenvalue weighted by molar-refractivity contribution is -0.121. The van der Waals surface area contributed by atoms with E-state index in [-0.39, 0.29) is 11.4 Å². The highest BCUT2D eigenvalue weighted by Gasteiger charge is 2.22. The number of benzene rings is 1. The number of hydrazone groups is 1. The van der Waals surface area contributed by atoms with Gasteiger partial charge in [0.2, 0.25) is 10.0 Å². The SMILES string of the molecule is CN(CC(=O)N/N=C\[C@H]1CC=CCC1)S(=O)(=O)c1ccc(Cl)cc1. The first-order valence-electron chi connectivity index (χ1n) is 7.58. The number of hydrogen-bond acceptors (Lipinski definition) is 4. The lowest BCUT2D eigenvalue weighted by Gasteiger charge is -2.16. The Morgan fingerprint density at radius 2 is 2.08 bits per heavy atom. The molecule has 0 radical (unpaired) electrons. The zero-order valence-corrected chi connectivity index (χ0v) is 14.9. The molecule has 2 rings (SSSR count). The number of carbonyl (C=O) groups is 1. The zero-order chi connectivity index (χ0) is 17.6. The van der Waals surface area contributed by atoms with E-state index in [1.165, 1.54) is 31.3 Å². The molecule has 0 aromatic heterocycles. The number of likely N-dealkylation sites (N-methyl/N-ethyl adjacent to an activating group) is 1. The first kappa shape index (κ1) is 18.6. The molecule has 8 heteroatoms. The Kier molecular flexibility index (Phi) is 6.53. The van der Waals surface area contributed by atoms with E-state index in [0.29, 0.717) is 10.9 Å². The van der Waals surface area contributed by atoms with Gasteiger partial charge in [-0.2, -0.15) is 9.41 Å². The Labute approximate surface area is 147 Å². The van der Waals surface area contributed by atoms with Gasteiger partial charge >= 0.3 is 0 Å². The molecule has 130 valence electrons. The minimum absolute atomic E-state index is 0.0831. The summed E-state index contributed by atoms with van der Waals surface area (Å²) in [6.45, 7) is -0.313. The van der Waals surface area contributed by atoms with E-state index in [4.69, 9.17) is 11.6 Å². The molecule has 1 atom stereocenters. The number of nitrogens with one attached hydrogen (secondary N) is 1. The fourth-order valence-electron chi connectivity index (χ4n) is 2.28. The van der Waals surface area contributed by atoms with Crippen molar-refractivity contribution in [1.82, 2.24) is 9.73 Å². The quantitative estimate of drug-likeness (QED) is 0.475. The standard InChI is InChI=1S/C16H20ClN3O3S/c1-20(24(22,23)15-9-7-14(17)8-10-15)12-16(21)19-18-11-13-5-3-2-4-6-13/h2-3,7-11,13H,4-6,12H2,1H3,(H,19,21)/b18-11-/t13-/m0/s1. The predicted molar refractivity (Wildman–Crippen MR) is 94.4 cm³/mol. The minimum Gasteiger partial charge on any atom is -0.272 e. The summed E-state index contributed by atoms with van der Waals surface area (Å²) in [5.74, 6) is -0.177. The summed E-state index contributed by atoms with van der Waals surface area (Å²) in [6, 6.07) is 5.79. The van der Waals surface area contributed by atoms with Gasteiger partial charge in [0.25, 0.3) is 5.91 Å². The van der Waals surface area contributed by atoms with E-state index < -0.39 is 15.9 Å². The number of allylic oxidation sites excluding steroid dienone is 2. The number of rotatable bonds is 6. The van der Waals surface area contributed by atoms with Gasteiger partial charge in [-0.15, -0.1) is 0 Å². The average molecular weight is 370 g/mol. The monoisotopic (exact) mass is 369 g/mol. The van der Waals surface area contributed by atoms with Crippen LogP contribution in [0.5, 0.6) is 0 Å². The molecule has 1 aliphatic carbocycles. The number of carbonyl (C=O) groups excluding carboxylic acids is 1. The third-order valence-electron chi connectivity index (χ3n) is 3.67. The number of hydrogen-bond donors (Lipinski definition) is 1. The average Bonchev–Trinajstić information content (AvgIpc) is 2.56. The third kappa shape index (κ3) is 5.15. The lowest BCUT2D eigenvalue weighted by atomic mass is 9.96. The maximum Gasteiger partial charge on any atom is 0.255 e. The first-order valence-corrected chi connectivity index (χ1v) is 9.40. The van der Waals surface area contributed by atoms with Gasteiger partial charge in [0, 0.05) is 18.3 Å². The molecule has 1 aromatic carbocycles. The normalized spacial score (nSPS) is 18.2. The van der Waals surface area contributed by atoms with E-state index in [9.17, 15) is 13.2 Å². The zero-order valence-electron chi connectivity index (χ0n) is 13.4. The van der Waals surface area contributed by atoms with Crippen LogP contribution in [-0.2, 0) is 14.8 Å². The summed E-state index contributed by atoms with van der Waals surface area (Å²) in [5, 5.41) is 4.36. The molecule has 0 aliphatic heterocycles. The third-order valence-corrected chi connectivity index (χ3v) is 5.74. The summed E-state index contributed by atoms with van der Waals surface area (Å²) in [4.78, 5) is 11.9. The minimum atomic E-state index is -3.74. The van der Waals surface area contributed by atoms with Crippen LogP contribution in [0.2, 0.25) is 5.02 Å². The fourth-order valence-corrected chi connectivity index (χ4v) is 3.53. The Balaban J connectivity index is 1.89. The lowest BCUT2D eigenvalue weighted by Crippen LogP contribution is -2.36. The van der Waals surface area contributed by atoms with E-state index in [1.807, 2.05) is 0 Å². The molecule has 0 saturated carbocycles. The first-order chi connectivity index (χ1) is 11.4. The Hall–Kier alpha value is -1.70. The van der Waals surface area contributed by atoms with Crippen molar-refractivity contribution < 1.29 is 13.2 Å². The molecule has 1 N–H and O–H groups in total. The molecule has 0 fully saturated rings. The van der Waals surface area contributed by atoms with Crippen molar-refractivity contribution in [2.75, 3.05) is 13.6 Å². The molecule has 0 heterocycles. The number of halogens is 1. The van der Waals surface area contributed by atoms with E-state index >= 15 is 0 Å². The fraction of sp³-hybridized carbons (Fsp3) is 0.375. The van der Waals surface area contributed by atoms with Gasteiger partial charge in [0.05, 0.1) is 11.4 Å². The molecule has 0 saturated heterocycles. The van der Waals surface area contributed by atoms with Crippen LogP contribution in [-0.4, -0.2) is 38.4 Å². The molecule has 0 bridgehead atoms. The molecular weight excluding hydrogens is 350 g/mol. The Morgan fingerprint density at radius 1 is 1.38 bits per heavy atom. The van der Waals surface area contributed by atoms with Crippen molar-refractivity contribution in [3.8, 4) is 0 Å². The van der Waals surface area contributed by atoms with Gasteiger partial charge < -0.3 is 0 Å². The van der Waals surface area contributed by atoms with Crippen LogP contribution in [0.15, 0.2) is 46.4 Å². The van der Waals surface area contributed by atoms with Crippen molar-refractivity contribution in [1.29, 1.82) is 0 Å². The van der Waals surface area contributed by atoms with Crippen LogP contribution >= 0.6 is 11.6 Å². The van der Waals surface area contributed by atoms with Crippen molar-refractivity contribution >= 4 is 33.7 Å². The summed E-state index contributed by atoms with van der Waals surface area (Å²) in [6.07, 6.45) is 8.83. The van der Waals surface area contributed by atoms with E-state index in [1.54, 1.807) is 6.21 Å². The van der Waals surface area contributed by atoms with Crippen LogP contribution in [0.3, 0.4) is 0 Å². The van der Waals surface area contributed by atoms with Crippen molar-refractivity contribution in [2.45, 2.75) is 24.2 Å². The van der Waals surface area contributed by atoms with Crippen LogP contribution in [0.25, 0.3) is 0 Å². The Morgan fingerprint density at radius 3 is 2.71 bits per heavy atom. The number of nitrogens with zero attached hydrogens (tertiary/aromatic N) is 2. The second-order valence-corrected chi connectivity index (χ2v) is 8.05. The van der Waals surface area contributed by atoms with Gasteiger partial charge in [-0.3, -0.25) is 4.79 Å². The van der Waals surface area contributed by atoms with Gasteiger partial charge in [-0.1, -0.05) is 23.8 Å². The highest BCUT2D eigenvalue weighted by molar-refractivity contribution is 7.89. The largest absolute Gasteiger partial charge is 0.272 e. The topological polar surface area (TPSA) is 78.8 Å². The van der Waals surface area contributed by atoms with Gasteiger partial charge in [-0.05, 0) is 49.4 Å². The molecule has 1 aliphatic rings. The van der Waals surface area contributed by atoms with Crippen LogP contribution in [0.1, 0.15) is 19.3 Å². The maximum atomic E-state index is 12.4. The summed E-state index contributed by atoms with van der Waals surface area (Å²) >= 11 is 5.75. The predicted octanol–water partition coefficient (Wildman–Crippen LogP) is 2.42. The van der Waals surface area contributed by atoms with Crippen LogP contribution in [0, 0.1) is 5.92 Å². The summed E-state index contributed by atoms with van der Waals surface area (Å²) in [7, 11) is -2.40. The van der Waals surface area contributed by atoms with Crippen LogP contribution in [0.4, 0.5) is 0 Å². The molecule has 6 nitrogen and oxygen atoms in total. The smallest absolute Gasteiger partial charge is 0.255 e. The summed E-state index contributed by atoms with van der Waals surface area (Å²) in [5.41, 5.74) is 2.37. The Bertz CT molecular complexity index is 729. The van der Waals surface area contributed by atoms with Gasteiger partial charge in [0.15, 0.2) is 0 Å². The van der Waals surface area contributed by atoms with Crippen molar-refractivity contribution in [3.63, 3.8) is 0 Å². The second-order valence-electron chi connectivity index (χ2n) is 5.57. The number of sulfonamides is 1. The van der Waals surface area contributed by atoms with Crippen molar-refractivity contribution in [3.05, 3.63) is 41.4 Å². The van der Waals surface area contributed by atoms with Gasteiger partial charge in [0.1, 0.15) is 0 Å². The highest BCUT2D eigenvalue weighted by Crippen LogP contribution is 2.17. The molecular formula is C16H20ClN3O3S. The highest BCUT2D eigenvalue weighted by atomic mass is 35.5. The molecule has 0 unspecified atom stereocenters. The molecule has 0 spiro atoms. The van der Waals surface area contributed by atoms with Gasteiger partial charge in [-0.25, -0.2) is 13.8 Å². The van der Waals surface area contributed by atoms with E-state index in [0.717, 1.165) is 23.6 Å². The summed E-state index contributed by atoms with van der Waals surface area (Å²) < 4.78 is 25.7. The molecule has 1 amide bonds. The molecule has 24 heavy (non-hydrogen) atoms. The van der Waals surface area contributed by atoms with Crippen molar-refractivity contribution in [2.24, 2.45) is 11.0 Å². The second kappa shape index (κ2) is 8.41.